The van der Waals surface area contributed by atoms with Gasteiger partial charge in [-0.25, -0.2) is 13.1 Å². The van der Waals surface area contributed by atoms with Crippen molar-refractivity contribution in [2.45, 2.75) is 50.7 Å². The van der Waals surface area contributed by atoms with Crippen LogP contribution in [0.1, 0.15) is 38.7 Å². The summed E-state index contributed by atoms with van der Waals surface area (Å²) >= 11 is 0. The van der Waals surface area contributed by atoms with E-state index in [4.69, 9.17) is 0 Å². The van der Waals surface area contributed by atoms with Crippen molar-refractivity contribution in [2.75, 3.05) is 0 Å². The molecule has 4 nitrogen and oxygen atoms in total. The molecule has 0 saturated heterocycles. The normalized spacial score (nSPS) is 26.9. The summed E-state index contributed by atoms with van der Waals surface area (Å²) in [6.45, 7) is 4.00. The summed E-state index contributed by atoms with van der Waals surface area (Å²) in [6.07, 6.45) is 3.05. The number of sulfonamides is 1. The van der Waals surface area contributed by atoms with E-state index < -0.39 is 10.0 Å². The molecule has 0 aromatic heterocycles. The van der Waals surface area contributed by atoms with Crippen molar-refractivity contribution in [1.29, 1.82) is 0 Å². The lowest BCUT2D eigenvalue weighted by atomic mass is 9.94. The van der Waals surface area contributed by atoms with Crippen molar-refractivity contribution in [3.8, 4) is 0 Å². The molecule has 2 N–H and O–H groups in total. The van der Waals surface area contributed by atoms with E-state index in [0.29, 0.717) is 17.4 Å². The van der Waals surface area contributed by atoms with Gasteiger partial charge in [-0.05, 0) is 36.3 Å². The third-order valence-corrected chi connectivity index (χ3v) is 6.08. The maximum absolute atomic E-state index is 12.5. The molecule has 3 atom stereocenters. The van der Waals surface area contributed by atoms with E-state index in [1.54, 1.807) is 24.3 Å². The molecule has 5 heteroatoms. The van der Waals surface area contributed by atoms with Gasteiger partial charge in [0.05, 0.1) is 11.5 Å². The largest absolute Gasteiger partial charge is 0.392 e. The van der Waals surface area contributed by atoms with Crippen LogP contribution in [0.5, 0.6) is 0 Å². The van der Waals surface area contributed by atoms with Gasteiger partial charge in [-0.3, -0.25) is 0 Å². The second-order valence-corrected chi connectivity index (χ2v) is 7.28. The van der Waals surface area contributed by atoms with E-state index in [9.17, 15) is 13.5 Å². The lowest BCUT2D eigenvalue weighted by Crippen LogP contribution is -2.37. The van der Waals surface area contributed by atoms with Gasteiger partial charge in [-0.15, -0.1) is 0 Å². The smallest absolute Gasteiger partial charge is 0.241 e. The molecule has 20 heavy (non-hydrogen) atoms. The average Bonchev–Trinajstić information content (AvgIpc) is 2.79. The van der Waals surface area contributed by atoms with Gasteiger partial charge in [0.1, 0.15) is 0 Å². The third kappa shape index (κ3) is 3.05. The summed E-state index contributed by atoms with van der Waals surface area (Å²) in [5.41, 5.74) is 0.442. The van der Waals surface area contributed by atoms with Crippen LogP contribution < -0.4 is 4.72 Å². The number of hydrogen-bond acceptors (Lipinski definition) is 3. The Kier molecular flexibility index (Phi) is 4.83. The minimum atomic E-state index is -3.56. The summed E-state index contributed by atoms with van der Waals surface area (Å²) in [5.74, 6) is 0.951. The first-order chi connectivity index (χ1) is 9.49. The topological polar surface area (TPSA) is 66.4 Å². The summed E-state index contributed by atoms with van der Waals surface area (Å²) in [7, 11) is -3.56. The van der Waals surface area contributed by atoms with Crippen molar-refractivity contribution in [3.05, 3.63) is 29.8 Å². The van der Waals surface area contributed by atoms with Crippen molar-refractivity contribution in [2.24, 2.45) is 11.8 Å². The Hall–Kier alpha value is -0.910. The monoisotopic (exact) mass is 297 g/mol. The molecule has 112 valence electrons. The second kappa shape index (κ2) is 6.24. The van der Waals surface area contributed by atoms with Gasteiger partial charge in [0.15, 0.2) is 0 Å². The zero-order valence-corrected chi connectivity index (χ0v) is 12.9. The van der Waals surface area contributed by atoms with Gasteiger partial charge in [0.25, 0.3) is 0 Å². The van der Waals surface area contributed by atoms with E-state index in [1.807, 2.05) is 0 Å². The molecule has 1 saturated carbocycles. The SMILES string of the molecule is CCC1CCC(NS(=O)(=O)c2ccccc2CO)C1C. The zero-order valence-electron chi connectivity index (χ0n) is 12.0. The molecule has 0 radical (unpaired) electrons. The van der Waals surface area contributed by atoms with Gasteiger partial charge in [0, 0.05) is 6.04 Å². The van der Waals surface area contributed by atoms with E-state index in [0.717, 1.165) is 19.3 Å². The maximum atomic E-state index is 12.5. The summed E-state index contributed by atoms with van der Waals surface area (Å²) in [4.78, 5) is 0.189. The number of nitrogens with one attached hydrogen (secondary N) is 1. The summed E-state index contributed by atoms with van der Waals surface area (Å²) in [5, 5.41) is 9.28. The minimum Gasteiger partial charge on any atom is -0.392 e. The van der Waals surface area contributed by atoms with E-state index >= 15 is 0 Å². The van der Waals surface area contributed by atoms with Crippen molar-refractivity contribution < 1.29 is 13.5 Å². The number of rotatable bonds is 5. The highest BCUT2D eigenvalue weighted by Crippen LogP contribution is 2.34. The Bertz CT molecular complexity index is 556. The van der Waals surface area contributed by atoms with Gasteiger partial charge in [0.2, 0.25) is 10.0 Å². The van der Waals surface area contributed by atoms with Gasteiger partial charge < -0.3 is 5.11 Å². The van der Waals surface area contributed by atoms with Crippen molar-refractivity contribution in [3.63, 3.8) is 0 Å². The first kappa shape index (κ1) is 15.5. The highest BCUT2D eigenvalue weighted by Gasteiger charge is 2.34. The first-order valence-corrected chi connectivity index (χ1v) is 8.69. The van der Waals surface area contributed by atoms with Crippen LogP contribution in [-0.2, 0) is 16.6 Å². The van der Waals surface area contributed by atoms with Gasteiger partial charge in [-0.2, -0.15) is 0 Å². The fourth-order valence-corrected chi connectivity index (χ4v) is 4.74. The predicted octanol–water partition coefficient (Wildman–Crippen LogP) is 2.28. The molecule has 1 aromatic carbocycles. The maximum Gasteiger partial charge on any atom is 0.241 e. The molecular formula is C15H23NO3S. The Labute approximate surface area is 121 Å². The minimum absolute atomic E-state index is 0.00306. The molecule has 0 amide bonds. The zero-order chi connectivity index (χ0) is 14.8. The van der Waals surface area contributed by atoms with Crippen LogP contribution in [0, 0.1) is 11.8 Å². The van der Waals surface area contributed by atoms with Crippen LogP contribution in [0.15, 0.2) is 29.2 Å². The van der Waals surface area contributed by atoms with Gasteiger partial charge in [-0.1, -0.05) is 38.5 Å². The molecule has 0 bridgehead atoms. The highest BCUT2D eigenvalue weighted by molar-refractivity contribution is 7.89. The van der Waals surface area contributed by atoms with E-state index in [1.165, 1.54) is 0 Å². The first-order valence-electron chi connectivity index (χ1n) is 7.20. The number of hydrogen-bond donors (Lipinski definition) is 2. The average molecular weight is 297 g/mol. The predicted molar refractivity (Wildman–Crippen MR) is 78.7 cm³/mol. The van der Waals surface area contributed by atoms with Crippen LogP contribution >= 0.6 is 0 Å². The molecule has 0 spiro atoms. The molecule has 2 rings (SSSR count). The van der Waals surface area contributed by atoms with Crippen molar-refractivity contribution >= 4 is 10.0 Å². The quantitative estimate of drug-likeness (QED) is 0.876. The van der Waals surface area contributed by atoms with Crippen LogP contribution in [0.4, 0.5) is 0 Å². The molecule has 1 aromatic rings. The van der Waals surface area contributed by atoms with Crippen LogP contribution in [0.25, 0.3) is 0 Å². The molecule has 0 aliphatic heterocycles. The molecule has 0 heterocycles. The molecular weight excluding hydrogens is 274 g/mol. The van der Waals surface area contributed by atoms with Crippen LogP contribution in [0.2, 0.25) is 0 Å². The molecule has 1 fully saturated rings. The van der Waals surface area contributed by atoms with Crippen LogP contribution in [-0.4, -0.2) is 19.6 Å². The van der Waals surface area contributed by atoms with E-state index in [-0.39, 0.29) is 17.5 Å². The second-order valence-electron chi connectivity index (χ2n) is 5.60. The van der Waals surface area contributed by atoms with Crippen LogP contribution in [0.3, 0.4) is 0 Å². The standard InChI is InChI=1S/C15H23NO3S/c1-3-12-8-9-14(11(12)2)16-20(18,19)15-7-5-4-6-13(15)10-17/h4-7,11-12,14,16-17H,3,8-10H2,1-2H3. The molecule has 1 aliphatic carbocycles. The Morgan fingerprint density at radius 1 is 1.30 bits per heavy atom. The number of aliphatic hydroxyl groups excluding tert-OH is 1. The Morgan fingerprint density at radius 2 is 2.00 bits per heavy atom. The third-order valence-electron chi connectivity index (χ3n) is 4.49. The Balaban J connectivity index is 2.20. The number of aliphatic hydroxyl groups is 1. The fourth-order valence-electron chi connectivity index (χ4n) is 3.15. The summed E-state index contributed by atoms with van der Waals surface area (Å²) < 4.78 is 27.8. The van der Waals surface area contributed by atoms with Crippen molar-refractivity contribution in [1.82, 2.24) is 4.72 Å². The van der Waals surface area contributed by atoms with Gasteiger partial charge >= 0.3 is 0 Å². The van der Waals surface area contributed by atoms with E-state index in [2.05, 4.69) is 18.6 Å². The molecule has 3 unspecified atom stereocenters. The highest BCUT2D eigenvalue weighted by atomic mass is 32.2. The fraction of sp³-hybridized carbons (Fsp3) is 0.600. The molecule has 1 aliphatic rings. The number of benzene rings is 1. The lowest BCUT2D eigenvalue weighted by molar-refractivity contribution is 0.278. The summed E-state index contributed by atoms with van der Waals surface area (Å²) in [6, 6.07) is 6.60. The lowest BCUT2D eigenvalue weighted by Gasteiger charge is -2.21. The Morgan fingerprint density at radius 3 is 2.60 bits per heavy atom.